The molecule has 1 aliphatic heterocycles. The van der Waals surface area contributed by atoms with Crippen molar-refractivity contribution in [3.63, 3.8) is 0 Å². The van der Waals surface area contributed by atoms with Gasteiger partial charge in [0.25, 0.3) is 0 Å². The summed E-state index contributed by atoms with van der Waals surface area (Å²) in [6, 6.07) is 21.0. The number of sulfonamides is 1. The van der Waals surface area contributed by atoms with E-state index in [1.807, 2.05) is 48.5 Å². The maximum absolute atomic E-state index is 13.5. The number of rotatable bonds is 7. The summed E-state index contributed by atoms with van der Waals surface area (Å²) in [5.41, 5.74) is 4.56. The fourth-order valence-electron chi connectivity index (χ4n) is 5.00. The molecule has 0 unspecified atom stereocenters. The van der Waals surface area contributed by atoms with Crippen LogP contribution in [0.1, 0.15) is 47.6 Å². The number of anilines is 1. The Bertz CT molecular complexity index is 1390. The Morgan fingerprint density at radius 1 is 0.944 bits per heavy atom. The molecular formula is C28H29N3O4S. The topological polar surface area (TPSA) is 104 Å². The standard InChI is InChI=1S/C28H29N3O4S/c32-27-16-13-21-18-22(14-15-24(21)29-27)36(34,35)31-26(17-19-7-2-1-3-8-19)28(33)30-25-12-6-10-20-9-4-5-11-23(20)25/h1-5,7-9,11,14-15,18,25-26,31H,6,10,12-13,16-17H2,(H,29,32)(H,30,33)/t25-,26+/m1/s1. The summed E-state index contributed by atoms with van der Waals surface area (Å²) < 4.78 is 29.5. The van der Waals surface area contributed by atoms with Gasteiger partial charge in [-0.1, -0.05) is 54.6 Å². The Morgan fingerprint density at radius 2 is 1.72 bits per heavy atom. The molecule has 0 bridgehead atoms. The van der Waals surface area contributed by atoms with Crippen LogP contribution < -0.4 is 15.4 Å². The number of fused-ring (bicyclic) bond motifs is 2. The molecular weight excluding hydrogens is 474 g/mol. The summed E-state index contributed by atoms with van der Waals surface area (Å²) in [5.74, 6) is -0.436. The normalized spacial score (nSPS) is 17.9. The van der Waals surface area contributed by atoms with Gasteiger partial charge in [0.2, 0.25) is 21.8 Å². The number of amides is 2. The van der Waals surface area contributed by atoms with E-state index in [9.17, 15) is 18.0 Å². The third-order valence-electron chi connectivity index (χ3n) is 6.86. The van der Waals surface area contributed by atoms with E-state index in [2.05, 4.69) is 21.4 Å². The molecule has 3 aromatic carbocycles. The molecule has 1 heterocycles. The molecule has 8 heteroatoms. The fourth-order valence-corrected chi connectivity index (χ4v) is 6.24. The predicted octanol–water partition coefficient (Wildman–Crippen LogP) is 3.65. The molecule has 7 nitrogen and oxygen atoms in total. The van der Waals surface area contributed by atoms with Crippen LogP contribution in [0.2, 0.25) is 0 Å². The fraction of sp³-hybridized carbons (Fsp3) is 0.286. The van der Waals surface area contributed by atoms with Gasteiger partial charge < -0.3 is 10.6 Å². The zero-order valence-electron chi connectivity index (χ0n) is 19.9. The van der Waals surface area contributed by atoms with Crippen LogP contribution in [-0.4, -0.2) is 26.3 Å². The Kier molecular flexibility index (Phi) is 6.89. The molecule has 2 aliphatic rings. The molecule has 0 aromatic heterocycles. The first-order valence-electron chi connectivity index (χ1n) is 12.3. The lowest BCUT2D eigenvalue weighted by Gasteiger charge is -2.28. The third kappa shape index (κ3) is 5.34. The highest BCUT2D eigenvalue weighted by Gasteiger charge is 2.30. The van der Waals surface area contributed by atoms with Gasteiger partial charge in [-0.25, -0.2) is 8.42 Å². The van der Waals surface area contributed by atoms with Crippen molar-refractivity contribution in [2.24, 2.45) is 0 Å². The van der Waals surface area contributed by atoms with Gasteiger partial charge in [-0.3, -0.25) is 9.59 Å². The second kappa shape index (κ2) is 10.2. The van der Waals surface area contributed by atoms with E-state index in [4.69, 9.17) is 0 Å². The highest BCUT2D eigenvalue weighted by Crippen LogP contribution is 2.30. The van der Waals surface area contributed by atoms with Gasteiger partial charge in [0.05, 0.1) is 10.9 Å². The zero-order valence-corrected chi connectivity index (χ0v) is 20.7. The van der Waals surface area contributed by atoms with E-state index in [0.717, 1.165) is 36.0 Å². The predicted molar refractivity (Wildman–Crippen MR) is 138 cm³/mol. The zero-order chi connectivity index (χ0) is 25.1. The van der Waals surface area contributed by atoms with Crippen LogP contribution in [0.4, 0.5) is 5.69 Å². The number of carbonyl (C=O) groups excluding carboxylic acids is 2. The van der Waals surface area contributed by atoms with Crippen LogP contribution in [0, 0.1) is 0 Å². The number of nitrogens with one attached hydrogen (secondary N) is 3. The highest BCUT2D eigenvalue weighted by atomic mass is 32.2. The number of benzene rings is 3. The summed E-state index contributed by atoms with van der Waals surface area (Å²) >= 11 is 0. The summed E-state index contributed by atoms with van der Waals surface area (Å²) in [7, 11) is -4.00. The van der Waals surface area contributed by atoms with Gasteiger partial charge >= 0.3 is 0 Å². The van der Waals surface area contributed by atoms with E-state index in [0.29, 0.717) is 18.5 Å². The van der Waals surface area contributed by atoms with E-state index in [-0.39, 0.29) is 29.2 Å². The quantitative estimate of drug-likeness (QED) is 0.458. The van der Waals surface area contributed by atoms with Crippen molar-refractivity contribution in [3.8, 4) is 0 Å². The van der Waals surface area contributed by atoms with Gasteiger partial charge in [0.1, 0.15) is 6.04 Å². The van der Waals surface area contributed by atoms with E-state index < -0.39 is 16.1 Å². The van der Waals surface area contributed by atoms with Crippen molar-refractivity contribution < 1.29 is 18.0 Å². The summed E-state index contributed by atoms with van der Waals surface area (Å²) in [5, 5.41) is 5.88. The molecule has 0 spiro atoms. The van der Waals surface area contributed by atoms with Crippen molar-refractivity contribution in [1.29, 1.82) is 0 Å². The molecule has 0 saturated heterocycles. The van der Waals surface area contributed by atoms with Crippen LogP contribution >= 0.6 is 0 Å². The first-order chi connectivity index (χ1) is 17.4. The van der Waals surface area contributed by atoms with Gasteiger partial charge in [0.15, 0.2) is 0 Å². The summed E-state index contributed by atoms with van der Waals surface area (Å²) in [4.78, 5) is 25.2. The molecule has 5 rings (SSSR count). The smallest absolute Gasteiger partial charge is 0.241 e. The molecule has 0 fully saturated rings. The number of carbonyl (C=O) groups is 2. The minimum absolute atomic E-state index is 0.0753. The van der Waals surface area contributed by atoms with Crippen molar-refractivity contribution in [2.75, 3.05) is 5.32 Å². The average molecular weight is 504 g/mol. The molecule has 0 saturated carbocycles. The second-order valence-electron chi connectivity index (χ2n) is 9.38. The summed E-state index contributed by atoms with van der Waals surface area (Å²) in [6.07, 6.45) is 3.75. The second-order valence-corrected chi connectivity index (χ2v) is 11.1. The Balaban J connectivity index is 1.40. The molecule has 3 N–H and O–H groups in total. The molecule has 1 aliphatic carbocycles. The van der Waals surface area contributed by atoms with Crippen LogP contribution in [0.15, 0.2) is 77.7 Å². The summed E-state index contributed by atoms with van der Waals surface area (Å²) in [6.45, 7) is 0. The van der Waals surface area contributed by atoms with E-state index in [1.165, 1.54) is 11.6 Å². The average Bonchev–Trinajstić information content (AvgIpc) is 2.88. The lowest BCUT2D eigenvalue weighted by atomic mass is 9.87. The lowest BCUT2D eigenvalue weighted by Crippen LogP contribution is -2.49. The maximum Gasteiger partial charge on any atom is 0.241 e. The molecule has 3 aromatic rings. The van der Waals surface area contributed by atoms with Gasteiger partial charge in [0, 0.05) is 12.1 Å². The Hall–Kier alpha value is -3.49. The maximum atomic E-state index is 13.5. The monoisotopic (exact) mass is 503 g/mol. The number of aryl methyl sites for hydroxylation is 2. The Morgan fingerprint density at radius 3 is 2.56 bits per heavy atom. The lowest BCUT2D eigenvalue weighted by molar-refractivity contribution is -0.123. The van der Waals surface area contributed by atoms with Crippen molar-refractivity contribution in [2.45, 2.75) is 55.5 Å². The molecule has 2 atom stereocenters. The largest absolute Gasteiger partial charge is 0.348 e. The minimum Gasteiger partial charge on any atom is -0.348 e. The van der Waals surface area contributed by atoms with Crippen LogP contribution in [0.5, 0.6) is 0 Å². The van der Waals surface area contributed by atoms with Crippen LogP contribution in [0.25, 0.3) is 0 Å². The molecule has 0 radical (unpaired) electrons. The SMILES string of the molecule is O=C1CCc2cc(S(=O)(=O)N[C@@H](Cc3ccccc3)C(=O)N[C@@H]3CCCc4ccccc43)ccc2N1. The first-order valence-corrected chi connectivity index (χ1v) is 13.7. The van der Waals surface area contributed by atoms with Crippen molar-refractivity contribution in [3.05, 3.63) is 95.1 Å². The number of hydrogen-bond donors (Lipinski definition) is 3. The van der Waals surface area contributed by atoms with Crippen molar-refractivity contribution >= 4 is 27.5 Å². The van der Waals surface area contributed by atoms with Gasteiger partial charge in [-0.05, 0) is 72.6 Å². The molecule has 36 heavy (non-hydrogen) atoms. The molecule has 186 valence electrons. The van der Waals surface area contributed by atoms with E-state index in [1.54, 1.807) is 12.1 Å². The molecule has 2 amide bonds. The minimum atomic E-state index is -4.00. The first kappa shape index (κ1) is 24.2. The van der Waals surface area contributed by atoms with Crippen LogP contribution in [0.3, 0.4) is 0 Å². The van der Waals surface area contributed by atoms with Crippen molar-refractivity contribution in [1.82, 2.24) is 10.0 Å². The van der Waals surface area contributed by atoms with Gasteiger partial charge in [-0.2, -0.15) is 4.72 Å². The Labute approximate surface area is 211 Å². The van der Waals surface area contributed by atoms with E-state index >= 15 is 0 Å². The third-order valence-corrected chi connectivity index (χ3v) is 8.33. The number of hydrogen-bond acceptors (Lipinski definition) is 4. The highest BCUT2D eigenvalue weighted by molar-refractivity contribution is 7.89. The van der Waals surface area contributed by atoms with Gasteiger partial charge in [-0.15, -0.1) is 0 Å². The van der Waals surface area contributed by atoms with Crippen LogP contribution in [-0.2, 0) is 38.9 Å².